The van der Waals surface area contributed by atoms with Crippen LogP contribution in [-0.2, 0) is 4.79 Å². The molecule has 0 radical (unpaired) electrons. The molecule has 0 saturated heterocycles. The second kappa shape index (κ2) is 7.19. The average molecular weight is 419 g/mol. The van der Waals surface area contributed by atoms with Crippen molar-refractivity contribution in [2.75, 3.05) is 16.8 Å². The molecule has 0 fully saturated rings. The van der Waals surface area contributed by atoms with Gasteiger partial charge in [-0.25, -0.2) is 0 Å². The molecule has 0 aromatic heterocycles. The van der Waals surface area contributed by atoms with E-state index >= 15 is 0 Å². The van der Waals surface area contributed by atoms with Gasteiger partial charge < -0.3 is 11.1 Å². The minimum absolute atomic E-state index is 0.0708. The second-order valence-electron chi connectivity index (χ2n) is 4.00. The van der Waals surface area contributed by atoms with Crippen molar-refractivity contribution < 1.29 is 4.79 Å². The number of hydrogen-bond acceptors (Lipinski definition) is 3. The van der Waals surface area contributed by atoms with E-state index in [0.717, 1.165) is 14.2 Å². The van der Waals surface area contributed by atoms with Crippen molar-refractivity contribution in [1.29, 1.82) is 0 Å². The van der Waals surface area contributed by atoms with Crippen LogP contribution in [0.4, 0.5) is 11.4 Å². The van der Waals surface area contributed by atoms with Crippen molar-refractivity contribution in [3.8, 4) is 0 Å². The average Bonchev–Trinajstić information content (AvgIpc) is 2.42. The highest BCUT2D eigenvalue weighted by molar-refractivity contribution is 14.1. The first-order chi connectivity index (χ1) is 9.56. The summed E-state index contributed by atoms with van der Waals surface area (Å²) in [6.45, 7) is 0. The van der Waals surface area contributed by atoms with Crippen molar-refractivity contribution >= 4 is 63.2 Å². The number of hydrogen-bond donors (Lipinski definition) is 2. The standard InChI is InChI=1S/C14H12ClIN2OS/c15-9-5-6-11(17)13(7-9)20-8-14(19)18-12-4-2-1-3-10(12)16/h1-7H,8,17H2,(H,18,19). The number of nitrogen functional groups attached to an aromatic ring is 1. The number of nitrogens with two attached hydrogens (primary N) is 1. The summed E-state index contributed by atoms with van der Waals surface area (Å²) in [5.74, 6) is 0.216. The predicted octanol–water partition coefficient (Wildman–Crippen LogP) is 4.26. The van der Waals surface area contributed by atoms with E-state index in [2.05, 4.69) is 27.9 Å². The maximum atomic E-state index is 11.9. The highest BCUT2D eigenvalue weighted by atomic mass is 127. The highest BCUT2D eigenvalue weighted by Gasteiger charge is 2.08. The number of amides is 1. The molecule has 6 heteroatoms. The Labute approximate surface area is 140 Å². The van der Waals surface area contributed by atoms with E-state index in [-0.39, 0.29) is 11.7 Å². The Morgan fingerprint density at radius 2 is 2.05 bits per heavy atom. The van der Waals surface area contributed by atoms with Gasteiger partial charge in [0.05, 0.1) is 11.4 Å². The van der Waals surface area contributed by atoms with E-state index in [4.69, 9.17) is 17.3 Å². The number of rotatable bonds is 4. The highest BCUT2D eigenvalue weighted by Crippen LogP contribution is 2.28. The number of anilines is 2. The Morgan fingerprint density at radius 3 is 2.80 bits per heavy atom. The van der Waals surface area contributed by atoms with Gasteiger partial charge in [0.2, 0.25) is 5.91 Å². The van der Waals surface area contributed by atoms with Crippen LogP contribution in [0.3, 0.4) is 0 Å². The van der Waals surface area contributed by atoms with Crippen molar-refractivity contribution in [1.82, 2.24) is 0 Å². The smallest absolute Gasteiger partial charge is 0.234 e. The number of nitrogens with one attached hydrogen (secondary N) is 1. The van der Waals surface area contributed by atoms with Crippen LogP contribution in [0.25, 0.3) is 0 Å². The van der Waals surface area contributed by atoms with Crippen LogP contribution in [0.1, 0.15) is 0 Å². The van der Waals surface area contributed by atoms with Crippen molar-refractivity contribution in [2.24, 2.45) is 0 Å². The van der Waals surface area contributed by atoms with E-state index in [1.165, 1.54) is 11.8 Å². The Morgan fingerprint density at radius 1 is 1.30 bits per heavy atom. The fourth-order valence-electron chi connectivity index (χ4n) is 1.53. The topological polar surface area (TPSA) is 55.1 Å². The lowest BCUT2D eigenvalue weighted by atomic mass is 10.3. The second-order valence-corrected chi connectivity index (χ2v) is 6.61. The lowest BCUT2D eigenvalue weighted by Gasteiger charge is -2.08. The first kappa shape index (κ1) is 15.5. The third-order valence-corrected chi connectivity index (χ3v) is 4.73. The summed E-state index contributed by atoms with van der Waals surface area (Å²) in [5.41, 5.74) is 7.28. The zero-order valence-electron chi connectivity index (χ0n) is 10.4. The molecule has 3 N–H and O–H groups in total. The summed E-state index contributed by atoms with van der Waals surface area (Å²) in [6.07, 6.45) is 0. The zero-order valence-corrected chi connectivity index (χ0v) is 14.1. The van der Waals surface area contributed by atoms with Gasteiger partial charge in [0.1, 0.15) is 0 Å². The van der Waals surface area contributed by atoms with Crippen LogP contribution in [0.5, 0.6) is 0 Å². The molecular formula is C14H12ClIN2OS. The van der Waals surface area contributed by atoms with E-state index in [0.29, 0.717) is 10.7 Å². The lowest BCUT2D eigenvalue weighted by Crippen LogP contribution is -2.14. The van der Waals surface area contributed by atoms with E-state index in [1.54, 1.807) is 18.2 Å². The number of carbonyl (C=O) groups is 1. The van der Waals surface area contributed by atoms with Gasteiger partial charge in [-0.1, -0.05) is 23.7 Å². The molecule has 0 spiro atoms. The number of benzene rings is 2. The van der Waals surface area contributed by atoms with Gasteiger partial charge in [-0.2, -0.15) is 0 Å². The maximum absolute atomic E-state index is 11.9. The Balaban J connectivity index is 1.96. The molecule has 0 bridgehead atoms. The zero-order chi connectivity index (χ0) is 14.5. The Bertz CT molecular complexity index is 636. The van der Waals surface area contributed by atoms with Crippen LogP contribution in [0, 0.1) is 3.57 Å². The van der Waals surface area contributed by atoms with Crippen molar-refractivity contribution in [3.63, 3.8) is 0 Å². The molecular weight excluding hydrogens is 407 g/mol. The minimum Gasteiger partial charge on any atom is -0.398 e. The van der Waals surface area contributed by atoms with Gasteiger partial charge in [0.25, 0.3) is 0 Å². The first-order valence-corrected chi connectivity index (χ1v) is 8.22. The summed E-state index contributed by atoms with van der Waals surface area (Å²) in [4.78, 5) is 12.7. The molecule has 0 unspecified atom stereocenters. The van der Waals surface area contributed by atoms with E-state index < -0.39 is 0 Å². The molecule has 0 saturated carbocycles. The summed E-state index contributed by atoms with van der Waals surface area (Å²) in [5, 5.41) is 3.48. The summed E-state index contributed by atoms with van der Waals surface area (Å²) in [7, 11) is 0. The van der Waals surface area contributed by atoms with Gasteiger partial charge in [0.15, 0.2) is 0 Å². The normalized spacial score (nSPS) is 10.3. The largest absolute Gasteiger partial charge is 0.398 e. The van der Waals surface area contributed by atoms with Crippen molar-refractivity contribution in [3.05, 3.63) is 51.1 Å². The van der Waals surface area contributed by atoms with Crippen LogP contribution in [0.2, 0.25) is 5.02 Å². The third kappa shape index (κ3) is 4.29. The molecule has 0 aliphatic rings. The van der Waals surface area contributed by atoms with Crippen LogP contribution >= 0.6 is 46.0 Å². The molecule has 2 rings (SSSR count). The van der Waals surface area contributed by atoms with Gasteiger partial charge in [-0.15, -0.1) is 11.8 Å². The van der Waals surface area contributed by atoms with Crippen molar-refractivity contribution in [2.45, 2.75) is 4.90 Å². The first-order valence-electron chi connectivity index (χ1n) is 5.78. The van der Waals surface area contributed by atoms with Crippen LogP contribution in [0.15, 0.2) is 47.4 Å². The predicted molar refractivity (Wildman–Crippen MR) is 94.4 cm³/mol. The molecule has 3 nitrogen and oxygen atoms in total. The number of thioether (sulfide) groups is 1. The molecule has 2 aromatic rings. The molecule has 20 heavy (non-hydrogen) atoms. The molecule has 104 valence electrons. The maximum Gasteiger partial charge on any atom is 0.234 e. The van der Waals surface area contributed by atoms with E-state index in [1.807, 2.05) is 24.3 Å². The summed E-state index contributed by atoms with van der Waals surface area (Å²) < 4.78 is 1.01. The number of para-hydroxylation sites is 1. The summed E-state index contributed by atoms with van der Waals surface area (Å²) in [6, 6.07) is 12.9. The lowest BCUT2D eigenvalue weighted by molar-refractivity contribution is -0.113. The molecule has 0 aliphatic heterocycles. The van der Waals surface area contributed by atoms with Crippen LogP contribution < -0.4 is 11.1 Å². The van der Waals surface area contributed by atoms with E-state index in [9.17, 15) is 4.79 Å². The van der Waals surface area contributed by atoms with Gasteiger partial charge in [0, 0.05) is 19.2 Å². The quantitative estimate of drug-likeness (QED) is 0.443. The Kier molecular flexibility index (Phi) is 5.56. The number of halogens is 2. The Hall–Kier alpha value is -0.920. The number of carbonyl (C=O) groups excluding carboxylic acids is 1. The molecule has 0 atom stereocenters. The SMILES string of the molecule is Nc1ccc(Cl)cc1SCC(=O)Nc1ccccc1I. The third-order valence-electron chi connectivity index (χ3n) is 2.48. The fourth-order valence-corrected chi connectivity index (χ4v) is 3.09. The fraction of sp³-hybridized carbons (Fsp3) is 0.0714. The van der Waals surface area contributed by atoms with Gasteiger partial charge in [-0.3, -0.25) is 4.79 Å². The molecule has 2 aromatic carbocycles. The molecule has 0 aliphatic carbocycles. The monoisotopic (exact) mass is 418 g/mol. The summed E-state index contributed by atoms with van der Waals surface area (Å²) >= 11 is 9.47. The minimum atomic E-state index is -0.0708. The molecule has 0 heterocycles. The van der Waals surface area contributed by atoms with Gasteiger partial charge in [-0.05, 0) is 52.9 Å². The van der Waals surface area contributed by atoms with Crippen LogP contribution in [-0.4, -0.2) is 11.7 Å². The van der Waals surface area contributed by atoms with Gasteiger partial charge >= 0.3 is 0 Å². The molecule has 1 amide bonds.